The maximum atomic E-state index is 12.9. The Morgan fingerprint density at radius 1 is 1.30 bits per heavy atom. The van der Waals surface area contributed by atoms with Crippen molar-refractivity contribution in [2.45, 2.75) is 57.0 Å². The minimum absolute atomic E-state index is 0.249. The van der Waals surface area contributed by atoms with Gasteiger partial charge in [-0.3, -0.25) is 0 Å². The highest BCUT2D eigenvalue weighted by atomic mass is 32.1. The summed E-state index contributed by atoms with van der Waals surface area (Å²) in [5.74, 6) is 0. The summed E-state index contributed by atoms with van der Waals surface area (Å²) in [4.78, 5) is 0.357. The topological polar surface area (TPSA) is 21.3 Å². The molecule has 2 aliphatic heterocycles. The first-order valence-electron chi connectivity index (χ1n) is 6.90. The minimum atomic E-state index is -4.26. The lowest BCUT2D eigenvalue weighted by Crippen LogP contribution is -2.52. The molecule has 3 rings (SSSR count). The second-order valence-electron chi connectivity index (χ2n) is 5.92. The molecule has 3 atom stereocenters. The monoisotopic (exact) mass is 305 g/mol. The molecular formula is C14H18F3NOS. The Kier molecular flexibility index (Phi) is 3.38. The zero-order valence-electron chi connectivity index (χ0n) is 11.5. The lowest BCUT2D eigenvalue weighted by molar-refractivity contribution is -0.134. The normalized spacial score (nSPS) is 34.2. The van der Waals surface area contributed by atoms with Crippen LogP contribution in [0.4, 0.5) is 13.2 Å². The van der Waals surface area contributed by atoms with Gasteiger partial charge in [0.25, 0.3) is 0 Å². The third kappa shape index (κ3) is 2.38. The van der Waals surface area contributed by atoms with E-state index in [-0.39, 0.29) is 12.1 Å². The quantitative estimate of drug-likeness (QED) is 0.789. The second-order valence-corrected chi connectivity index (χ2v) is 7.05. The van der Waals surface area contributed by atoms with Gasteiger partial charge in [0.1, 0.15) is 4.88 Å². The molecule has 2 aliphatic rings. The van der Waals surface area contributed by atoms with Crippen molar-refractivity contribution in [2.24, 2.45) is 0 Å². The fraction of sp³-hybridized carbons (Fsp3) is 0.714. The molecule has 1 N–H and O–H groups in total. The lowest BCUT2D eigenvalue weighted by Gasteiger charge is -2.45. The summed E-state index contributed by atoms with van der Waals surface area (Å²) in [6.07, 6.45) is -2.20. The van der Waals surface area contributed by atoms with Crippen LogP contribution in [0.3, 0.4) is 0 Å². The molecule has 20 heavy (non-hydrogen) atoms. The van der Waals surface area contributed by atoms with Gasteiger partial charge in [0.05, 0.1) is 12.2 Å². The highest BCUT2D eigenvalue weighted by Crippen LogP contribution is 2.48. The Balaban J connectivity index is 2.03. The molecule has 6 heteroatoms. The van der Waals surface area contributed by atoms with E-state index in [1.807, 2.05) is 0 Å². The maximum Gasteiger partial charge on any atom is 0.425 e. The molecule has 1 aromatic rings. The zero-order valence-corrected chi connectivity index (χ0v) is 12.3. The Bertz CT molecular complexity index is 501. The van der Waals surface area contributed by atoms with Crippen LogP contribution in [0.1, 0.15) is 42.0 Å². The summed E-state index contributed by atoms with van der Waals surface area (Å²) in [5.41, 5.74) is 0.249. The standard InChI is InChI=1S/C14H18F3NOS/c1-8-6-13(7-9(2)18-8)10-5-12(14(15,16)17)20-11(10)3-4-19-13/h5,8-9,18H,3-4,6-7H2,1-2H3/t8-,9+,13-. The number of hydrogen-bond donors (Lipinski definition) is 1. The van der Waals surface area contributed by atoms with Crippen molar-refractivity contribution in [3.05, 3.63) is 21.4 Å². The van der Waals surface area contributed by atoms with E-state index in [4.69, 9.17) is 4.74 Å². The summed E-state index contributed by atoms with van der Waals surface area (Å²) in [5, 5.41) is 3.42. The minimum Gasteiger partial charge on any atom is -0.370 e. The van der Waals surface area contributed by atoms with Crippen LogP contribution in [0.5, 0.6) is 0 Å². The molecule has 1 saturated heterocycles. The number of nitrogens with one attached hydrogen (secondary N) is 1. The van der Waals surface area contributed by atoms with Crippen molar-refractivity contribution in [1.29, 1.82) is 0 Å². The average Bonchev–Trinajstić information content (AvgIpc) is 2.72. The Morgan fingerprint density at radius 3 is 2.55 bits per heavy atom. The predicted molar refractivity (Wildman–Crippen MR) is 71.9 cm³/mol. The largest absolute Gasteiger partial charge is 0.425 e. The van der Waals surface area contributed by atoms with Gasteiger partial charge in [-0.25, -0.2) is 0 Å². The van der Waals surface area contributed by atoms with Crippen LogP contribution < -0.4 is 5.32 Å². The average molecular weight is 305 g/mol. The summed E-state index contributed by atoms with van der Waals surface area (Å²) in [6, 6.07) is 1.82. The molecule has 2 nitrogen and oxygen atoms in total. The van der Waals surface area contributed by atoms with E-state index >= 15 is 0 Å². The number of piperidine rings is 1. The molecule has 0 aliphatic carbocycles. The first kappa shape index (κ1) is 14.4. The first-order chi connectivity index (χ1) is 9.30. The van der Waals surface area contributed by atoms with Crippen molar-refractivity contribution in [3.63, 3.8) is 0 Å². The van der Waals surface area contributed by atoms with Gasteiger partial charge in [-0.1, -0.05) is 0 Å². The van der Waals surface area contributed by atoms with Gasteiger partial charge in [0, 0.05) is 23.4 Å². The number of alkyl halides is 3. The van der Waals surface area contributed by atoms with E-state index in [2.05, 4.69) is 19.2 Å². The van der Waals surface area contributed by atoms with Crippen LogP contribution >= 0.6 is 11.3 Å². The van der Waals surface area contributed by atoms with Crippen molar-refractivity contribution < 1.29 is 17.9 Å². The Labute approximate surface area is 120 Å². The highest BCUT2D eigenvalue weighted by Gasteiger charge is 2.46. The fourth-order valence-corrected chi connectivity index (χ4v) is 4.67. The summed E-state index contributed by atoms with van der Waals surface area (Å²) in [6.45, 7) is 4.64. The van der Waals surface area contributed by atoms with Crippen LogP contribution in [-0.4, -0.2) is 18.7 Å². The van der Waals surface area contributed by atoms with Gasteiger partial charge in [-0.05, 0) is 38.3 Å². The van der Waals surface area contributed by atoms with Crippen molar-refractivity contribution in [1.82, 2.24) is 5.32 Å². The molecule has 0 radical (unpaired) electrons. The molecule has 3 heterocycles. The molecular weight excluding hydrogens is 287 g/mol. The third-order valence-corrected chi connectivity index (χ3v) is 5.37. The Hall–Kier alpha value is -0.590. The number of ether oxygens (including phenoxy) is 1. The lowest BCUT2D eigenvalue weighted by atomic mass is 9.77. The van der Waals surface area contributed by atoms with Crippen molar-refractivity contribution in [2.75, 3.05) is 6.61 Å². The predicted octanol–water partition coefficient (Wildman–Crippen LogP) is 3.70. The number of halogens is 3. The molecule has 112 valence electrons. The van der Waals surface area contributed by atoms with Gasteiger partial charge >= 0.3 is 6.18 Å². The van der Waals surface area contributed by atoms with Crippen LogP contribution in [0.2, 0.25) is 0 Å². The first-order valence-corrected chi connectivity index (χ1v) is 7.72. The van der Waals surface area contributed by atoms with Gasteiger partial charge in [0.15, 0.2) is 0 Å². The SMILES string of the molecule is C[C@@H]1C[C@]2(C[C@H](C)N1)OCCc1sc(C(F)(F)F)cc12. The molecule has 0 bridgehead atoms. The molecule has 0 saturated carbocycles. The number of rotatable bonds is 0. The van der Waals surface area contributed by atoms with Crippen LogP contribution in [0.15, 0.2) is 6.07 Å². The van der Waals surface area contributed by atoms with E-state index in [0.29, 0.717) is 13.0 Å². The molecule has 0 aromatic carbocycles. The molecule has 1 spiro atoms. The van der Waals surface area contributed by atoms with Gasteiger partial charge in [-0.15, -0.1) is 11.3 Å². The van der Waals surface area contributed by atoms with Crippen molar-refractivity contribution in [3.8, 4) is 0 Å². The van der Waals surface area contributed by atoms with Gasteiger partial charge in [-0.2, -0.15) is 13.2 Å². The number of hydrogen-bond acceptors (Lipinski definition) is 3. The smallest absolute Gasteiger partial charge is 0.370 e. The van der Waals surface area contributed by atoms with Crippen LogP contribution in [0.25, 0.3) is 0 Å². The molecule has 1 fully saturated rings. The van der Waals surface area contributed by atoms with E-state index < -0.39 is 16.7 Å². The maximum absolute atomic E-state index is 12.9. The van der Waals surface area contributed by atoms with E-state index in [0.717, 1.165) is 34.6 Å². The fourth-order valence-electron chi connectivity index (χ4n) is 3.57. The van der Waals surface area contributed by atoms with Gasteiger partial charge < -0.3 is 10.1 Å². The highest BCUT2D eigenvalue weighted by molar-refractivity contribution is 7.12. The molecule has 1 aromatic heterocycles. The van der Waals surface area contributed by atoms with Gasteiger partial charge in [0.2, 0.25) is 0 Å². The van der Waals surface area contributed by atoms with Crippen LogP contribution in [0, 0.1) is 0 Å². The summed E-state index contributed by atoms with van der Waals surface area (Å²) in [7, 11) is 0. The molecule has 0 unspecified atom stereocenters. The number of thiophene rings is 1. The van der Waals surface area contributed by atoms with Crippen LogP contribution in [-0.2, 0) is 22.9 Å². The summed E-state index contributed by atoms with van der Waals surface area (Å²) >= 11 is 0.887. The second kappa shape index (κ2) is 4.71. The number of fused-ring (bicyclic) bond motifs is 2. The summed E-state index contributed by atoms with van der Waals surface area (Å²) < 4.78 is 44.8. The zero-order chi connectivity index (χ0) is 14.5. The van der Waals surface area contributed by atoms with E-state index in [9.17, 15) is 13.2 Å². The van der Waals surface area contributed by atoms with Crippen molar-refractivity contribution >= 4 is 11.3 Å². The van der Waals surface area contributed by atoms with E-state index in [1.165, 1.54) is 6.07 Å². The van der Waals surface area contributed by atoms with E-state index in [1.54, 1.807) is 0 Å². The Morgan fingerprint density at radius 2 is 1.95 bits per heavy atom. The third-order valence-electron chi connectivity index (χ3n) is 4.13. The molecule has 0 amide bonds.